The van der Waals surface area contributed by atoms with Crippen molar-refractivity contribution in [2.75, 3.05) is 7.05 Å². The van der Waals surface area contributed by atoms with Crippen LogP contribution in [0.4, 0.5) is 0 Å². The molecule has 0 bridgehead atoms. The molecule has 0 radical (unpaired) electrons. The summed E-state index contributed by atoms with van der Waals surface area (Å²) in [5, 5.41) is 9.00. The molecule has 4 nitrogen and oxygen atoms in total. The van der Waals surface area contributed by atoms with Crippen molar-refractivity contribution in [2.24, 2.45) is 0 Å². The van der Waals surface area contributed by atoms with Gasteiger partial charge in [0.15, 0.2) is 0 Å². The second-order valence-corrected chi connectivity index (χ2v) is 4.55. The fraction of sp³-hybridized carbons (Fsp3) is 0.118. The molecule has 4 heteroatoms. The maximum Gasteiger partial charge on any atom is 0.246 e. The monoisotopic (exact) mass is 277 g/mol. The zero-order chi connectivity index (χ0) is 15.1. The van der Waals surface area contributed by atoms with Crippen molar-refractivity contribution in [1.82, 2.24) is 9.88 Å². The first kappa shape index (κ1) is 14.5. The first-order valence-electron chi connectivity index (χ1n) is 6.53. The van der Waals surface area contributed by atoms with Crippen molar-refractivity contribution in [3.05, 3.63) is 71.6 Å². The Balaban J connectivity index is 2.04. The summed E-state index contributed by atoms with van der Waals surface area (Å²) in [7, 11) is 1.72. The molecule has 0 aliphatic heterocycles. The molecule has 2 rings (SSSR count). The zero-order valence-electron chi connectivity index (χ0n) is 11.7. The van der Waals surface area contributed by atoms with Gasteiger partial charge in [-0.2, -0.15) is 5.26 Å². The van der Waals surface area contributed by atoms with Gasteiger partial charge in [0.1, 0.15) is 0 Å². The Morgan fingerprint density at radius 2 is 2.05 bits per heavy atom. The highest BCUT2D eigenvalue weighted by Gasteiger charge is 2.06. The molecule has 1 heterocycles. The number of rotatable bonds is 4. The third-order valence-electron chi connectivity index (χ3n) is 2.99. The summed E-state index contributed by atoms with van der Waals surface area (Å²) in [6.45, 7) is 0.448. The van der Waals surface area contributed by atoms with Gasteiger partial charge in [0.2, 0.25) is 5.91 Å². The molecule has 1 aromatic heterocycles. The number of benzene rings is 1. The predicted molar refractivity (Wildman–Crippen MR) is 80.9 cm³/mol. The fourth-order valence-electron chi connectivity index (χ4n) is 1.85. The highest BCUT2D eigenvalue weighted by Crippen LogP contribution is 2.09. The van der Waals surface area contributed by atoms with E-state index in [-0.39, 0.29) is 5.91 Å². The molecule has 21 heavy (non-hydrogen) atoms. The lowest BCUT2D eigenvalue weighted by Crippen LogP contribution is -2.24. The van der Waals surface area contributed by atoms with E-state index in [9.17, 15) is 4.79 Å². The smallest absolute Gasteiger partial charge is 0.246 e. The van der Waals surface area contributed by atoms with Crippen molar-refractivity contribution in [3.63, 3.8) is 0 Å². The van der Waals surface area contributed by atoms with Gasteiger partial charge in [-0.05, 0) is 29.8 Å². The Bertz CT molecular complexity index is 687. The molecule has 0 aliphatic carbocycles. The lowest BCUT2D eigenvalue weighted by Gasteiger charge is -2.14. The van der Waals surface area contributed by atoms with Gasteiger partial charge in [-0.1, -0.05) is 24.3 Å². The molecule has 1 aromatic carbocycles. The summed E-state index contributed by atoms with van der Waals surface area (Å²) in [4.78, 5) is 17.8. The molecule has 0 saturated heterocycles. The number of nitrogens with zero attached hydrogens (tertiary/aromatic N) is 3. The minimum absolute atomic E-state index is 0.131. The van der Waals surface area contributed by atoms with Gasteiger partial charge < -0.3 is 4.90 Å². The number of likely N-dealkylation sites (N-methyl/N-ethyl adjacent to an activating group) is 1. The van der Waals surface area contributed by atoms with E-state index < -0.39 is 0 Å². The van der Waals surface area contributed by atoms with Crippen LogP contribution in [0.25, 0.3) is 6.08 Å². The minimum atomic E-state index is -0.131. The fourth-order valence-corrected chi connectivity index (χ4v) is 1.85. The van der Waals surface area contributed by atoms with Crippen LogP contribution >= 0.6 is 0 Å². The molecular formula is C17H15N3O. The second kappa shape index (κ2) is 7.01. The second-order valence-electron chi connectivity index (χ2n) is 4.55. The van der Waals surface area contributed by atoms with Gasteiger partial charge in [0, 0.05) is 19.3 Å². The van der Waals surface area contributed by atoms with Crippen molar-refractivity contribution in [2.45, 2.75) is 6.54 Å². The van der Waals surface area contributed by atoms with Crippen LogP contribution in [0.2, 0.25) is 0 Å². The Labute approximate surface area is 124 Å². The number of carbonyl (C=O) groups is 1. The molecule has 1 amide bonds. The zero-order valence-corrected chi connectivity index (χ0v) is 11.7. The van der Waals surface area contributed by atoms with Gasteiger partial charge in [-0.15, -0.1) is 0 Å². The summed E-state index contributed by atoms with van der Waals surface area (Å²) in [6.07, 6.45) is 4.83. The van der Waals surface area contributed by atoms with E-state index in [1.165, 1.54) is 6.08 Å². The Kier molecular flexibility index (Phi) is 4.84. The maximum atomic E-state index is 12.0. The van der Waals surface area contributed by atoms with Crippen LogP contribution < -0.4 is 0 Å². The predicted octanol–water partition coefficient (Wildman–Crippen LogP) is 2.63. The molecule has 0 saturated carbocycles. The number of nitriles is 1. The van der Waals surface area contributed by atoms with E-state index in [0.29, 0.717) is 12.1 Å². The summed E-state index contributed by atoms with van der Waals surface area (Å²) in [5.41, 5.74) is 2.12. The van der Waals surface area contributed by atoms with E-state index in [2.05, 4.69) is 11.1 Å². The number of pyridine rings is 1. The summed E-state index contributed by atoms with van der Waals surface area (Å²) in [6, 6.07) is 14.9. The van der Waals surface area contributed by atoms with Crippen LogP contribution in [0.5, 0.6) is 0 Å². The van der Waals surface area contributed by atoms with Crippen molar-refractivity contribution < 1.29 is 4.79 Å². The summed E-state index contributed by atoms with van der Waals surface area (Å²) >= 11 is 0. The minimum Gasteiger partial charge on any atom is -0.336 e. The van der Waals surface area contributed by atoms with Crippen LogP contribution in [0.15, 0.2) is 54.7 Å². The van der Waals surface area contributed by atoms with E-state index in [4.69, 9.17) is 5.26 Å². The van der Waals surface area contributed by atoms with E-state index in [0.717, 1.165) is 11.3 Å². The van der Waals surface area contributed by atoms with E-state index in [1.54, 1.807) is 42.4 Å². The summed E-state index contributed by atoms with van der Waals surface area (Å²) in [5.74, 6) is -0.131. The van der Waals surface area contributed by atoms with Crippen LogP contribution in [0.3, 0.4) is 0 Å². The van der Waals surface area contributed by atoms with Gasteiger partial charge in [-0.3, -0.25) is 9.78 Å². The molecule has 0 N–H and O–H groups in total. The Morgan fingerprint density at radius 3 is 2.76 bits per heavy atom. The van der Waals surface area contributed by atoms with E-state index >= 15 is 0 Å². The SMILES string of the molecule is CN(Cc1ccccn1)C(=O)/C=C/c1ccccc1C#N. The molecule has 0 atom stereocenters. The Morgan fingerprint density at radius 1 is 1.29 bits per heavy atom. The first-order valence-corrected chi connectivity index (χ1v) is 6.53. The van der Waals surface area contributed by atoms with Gasteiger partial charge in [0.05, 0.1) is 23.9 Å². The van der Waals surface area contributed by atoms with Crippen molar-refractivity contribution in [3.8, 4) is 6.07 Å². The standard InChI is InChI=1S/C17H15N3O/c1-20(13-16-8-4-5-11-19-16)17(21)10-9-14-6-2-3-7-15(14)12-18/h2-11H,13H2,1H3/b10-9+. The highest BCUT2D eigenvalue weighted by molar-refractivity contribution is 5.91. The van der Waals surface area contributed by atoms with Crippen LogP contribution in [0, 0.1) is 11.3 Å². The lowest BCUT2D eigenvalue weighted by atomic mass is 10.1. The quantitative estimate of drug-likeness (QED) is 0.807. The molecular weight excluding hydrogens is 262 g/mol. The Hall–Kier alpha value is -2.93. The normalized spacial score (nSPS) is 10.3. The average Bonchev–Trinajstić information content (AvgIpc) is 2.53. The van der Waals surface area contributed by atoms with Gasteiger partial charge in [-0.25, -0.2) is 0 Å². The number of carbonyl (C=O) groups excluding carboxylic acids is 1. The van der Waals surface area contributed by atoms with Gasteiger partial charge >= 0.3 is 0 Å². The van der Waals surface area contributed by atoms with Crippen molar-refractivity contribution >= 4 is 12.0 Å². The topological polar surface area (TPSA) is 57.0 Å². The number of aromatic nitrogens is 1. The molecule has 104 valence electrons. The maximum absolute atomic E-state index is 12.0. The molecule has 0 aliphatic rings. The third kappa shape index (κ3) is 4.02. The van der Waals surface area contributed by atoms with Crippen LogP contribution in [0.1, 0.15) is 16.8 Å². The van der Waals surface area contributed by atoms with Crippen LogP contribution in [-0.2, 0) is 11.3 Å². The average molecular weight is 277 g/mol. The van der Waals surface area contributed by atoms with Gasteiger partial charge in [0.25, 0.3) is 0 Å². The third-order valence-corrected chi connectivity index (χ3v) is 2.99. The molecule has 2 aromatic rings. The molecule has 0 fully saturated rings. The lowest BCUT2D eigenvalue weighted by molar-refractivity contribution is -0.125. The van der Waals surface area contributed by atoms with Crippen molar-refractivity contribution in [1.29, 1.82) is 5.26 Å². The number of hydrogen-bond donors (Lipinski definition) is 0. The van der Waals surface area contributed by atoms with E-state index in [1.807, 2.05) is 24.3 Å². The number of amides is 1. The first-order chi connectivity index (χ1) is 10.2. The molecule has 0 spiro atoms. The number of hydrogen-bond acceptors (Lipinski definition) is 3. The molecule has 0 unspecified atom stereocenters. The largest absolute Gasteiger partial charge is 0.336 e. The highest BCUT2D eigenvalue weighted by atomic mass is 16.2. The summed E-state index contributed by atoms with van der Waals surface area (Å²) < 4.78 is 0. The van der Waals surface area contributed by atoms with Crippen LogP contribution in [-0.4, -0.2) is 22.8 Å².